The predicted octanol–water partition coefficient (Wildman–Crippen LogP) is 5.98. The van der Waals surface area contributed by atoms with Gasteiger partial charge in [0.15, 0.2) is 0 Å². The number of carbonyl (C=O) groups excluding carboxylic acids is 1. The molecule has 2 aliphatic rings. The first-order valence-corrected chi connectivity index (χ1v) is 12.0. The van der Waals surface area contributed by atoms with Crippen molar-refractivity contribution in [2.45, 2.75) is 25.3 Å². The van der Waals surface area contributed by atoms with Gasteiger partial charge in [-0.15, -0.1) is 23.5 Å². The molecule has 0 radical (unpaired) electrons. The maximum atomic E-state index is 13.4. The van der Waals surface area contributed by atoms with Crippen molar-refractivity contribution >= 4 is 35.1 Å². The number of allylic oxidation sites excluding steroid dienone is 1. The summed E-state index contributed by atoms with van der Waals surface area (Å²) in [5.74, 6) is 0.235. The Hall–Kier alpha value is -1.98. The van der Waals surface area contributed by atoms with Crippen molar-refractivity contribution in [2.75, 3.05) is 12.5 Å². The van der Waals surface area contributed by atoms with E-state index in [9.17, 15) is 4.79 Å². The van der Waals surface area contributed by atoms with Crippen molar-refractivity contribution < 1.29 is 4.79 Å². The summed E-state index contributed by atoms with van der Waals surface area (Å²) in [6, 6.07) is 19.8. The van der Waals surface area contributed by atoms with Crippen molar-refractivity contribution in [3.05, 3.63) is 81.6 Å². The fourth-order valence-corrected chi connectivity index (χ4v) is 5.80. The largest absolute Gasteiger partial charge is 0.274 e. The first-order chi connectivity index (χ1) is 13.7. The van der Waals surface area contributed by atoms with E-state index in [0.29, 0.717) is 5.56 Å². The molecule has 1 saturated carbocycles. The summed E-state index contributed by atoms with van der Waals surface area (Å²) >= 11 is 3.57. The van der Waals surface area contributed by atoms with E-state index in [2.05, 4.69) is 24.6 Å². The summed E-state index contributed by atoms with van der Waals surface area (Å²) in [5, 5.41) is 6.70. The number of carbonyl (C=O) groups is 1. The molecule has 144 valence electrons. The van der Waals surface area contributed by atoms with E-state index in [1.807, 2.05) is 48.5 Å². The molecule has 0 unspecified atom stereocenters. The topological polar surface area (TPSA) is 32.7 Å². The molecule has 2 atom stereocenters. The molecule has 2 aromatic carbocycles. The Morgan fingerprint density at radius 3 is 2.29 bits per heavy atom. The number of fused-ring (bicyclic) bond motifs is 1. The molecule has 0 bridgehead atoms. The van der Waals surface area contributed by atoms with Crippen molar-refractivity contribution in [1.29, 1.82) is 0 Å². The molecule has 2 aromatic rings. The standard InChI is InChI=1S/C23H24N2OS2/c1-27-23(28-2)19-15-9-14-18-20(19)24-25(21(18)16-10-5-3-6-11-16)22(26)17-12-7-4-8-13-17/h3-8,10-13,18,21H,9,14-15H2,1-2H3/t18-,21+/m1/s1. The monoisotopic (exact) mass is 408 g/mol. The van der Waals surface area contributed by atoms with Gasteiger partial charge < -0.3 is 0 Å². The Morgan fingerprint density at radius 1 is 1.00 bits per heavy atom. The van der Waals surface area contributed by atoms with Crippen molar-refractivity contribution in [3.63, 3.8) is 0 Å². The van der Waals surface area contributed by atoms with Crippen LogP contribution in [0, 0.1) is 5.92 Å². The lowest BCUT2D eigenvalue weighted by molar-refractivity contribution is 0.0681. The lowest BCUT2D eigenvalue weighted by atomic mass is 9.78. The van der Waals surface area contributed by atoms with E-state index < -0.39 is 0 Å². The van der Waals surface area contributed by atoms with Crippen LogP contribution in [-0.4, -0.2) is 29.1 Å². The van der Waals surface area contributed by atoms with Gasteiger partial charge in [-0.1, -0.05) is 48.5 Å². The summed E-state index contributed by atoms with van der Waals surface area (Å²) in [4.78, 5) is 13.4. The Bertz CT molecular complexity index is 903. The number of hydrazone groups is 1. The van der Waals surface area contributed by atoms with Gasteiger partial charge in [-0.3, -0.25) is 4.79 Å². The van der Waals surface area contributed by atoms with Crippen LogP contribution in [0.25, 0.3) is 0 Å². The number of benzene rings is 2. The van der Waals surface area contributed by atoms with E-state index in [0.717, 1.165) is 30.5 Å². The third-order valence-corrected chi connectivity index (χ3v) is 7.68. The van der Waals surface area contributed by atoms with Gasteiger partial charge in [0.25, 0.3) is 5.91 Å². The third kappa shape index (κ3) is 3.53. The number of rotatable bonds is 4. The number of nitrogens with zero attached hydrogens (tertiary/aromatic N) is 2. The maximum absolute atomic E-state index is 13.4. The number of thioether (sulfide) groups is 2. The van der Waals surface area contributed by atoms with E-state index in [1.54, 1.807) is 28.5 Å². The van der Waals surface area contributed by atoms with Crippen molar-refractivity contribution in [3.8, 4) is 0 Å². The first kappa shape index (κ1) is 19.3. The SMILES string of the molecule is CSC(SC)=C1CCC[C@@H]2C1=NN(C(=O)c1ccccc1)[C@H]2c1ccccc1. The summed E-state index contributed by atoms with van der Waals surface area (Å²) in [6.07, 6.45) is 7.50. The smallest absolute Gasteiger partial charge is 0.267 e. The molecular formula is C23H24N2OS2. The fourth-order valence-electron chi connectivity index (χ4n) is 4.22. The first-order valence-electron chi connectivity index (χ1n) is 9.58. The molecule has 3 nitrogen and oxygen atoms in total. The minimum absolute atomic E-state index is 0.0226. The highest BCUT2D eigenvalue weighted by atomic mass is 32.2. The van der Waals surface area contributed by atoms with E-state index in [-0.39, 0.29) is 17.9 Å². The van der Waals surface area contributed by atoms with Crippen LogP contribution in [-0.2, 0) is 0 Å². The second-order valence-electron chi connectivity index (χ2n) is 7.03. The number of hydrogen-bond acceptors (Lipinski definition) is 4. The number of amides is 1. The van der Waals surface area contributed by atoms with Gasteiger partial charge in [-0.2, -0.15) is 5.10 Å². The third-order valence-electron chi connectivity index (χ3n) is 5.45. The van der Waals surface area contributed by atoms with Crippen LogP contribution < -0.4 is 0 Å². The quantitative estimate of drug-likeness (QED) is 0.624. The molecule has 4 rings (SSSR count). The lowest BCUT2D eigenvalue weighted by Gasteiger charge is -2.30. The molecule has 0 aromatic heterocycles. The normalized spacial score (nSPS) is 21.3. The molecule has 1 amide bonds. The highest BCUT2D eigenvalue weighted by Gasteiger charge is 2.44. The Labute approximate surface area is 175 Å². The zero-order valence-corrected chi connectivity index (χ0v) is 17.8. The van der Waals surface area contributed by atoms with Gasteiger partial charge in [0.05, 0.1) is 11.8 Å². The van der Waals surface area contributed by atoms with E-state index in [4.69, 9.17) is 5.10 Å². The van der Waals surface area contributed by atoms with Gasteiger partial charge in [0, 0.05) is 15.7 Å². The van der Waals surface area contributed by atoms with Crippen LogP contribution in [0.3, 0.4) is 0 Å². The molecule has 1 aliphatic heterocycles. The Balaban J connectivity index is 1.81. The minimum Gasteiger partial charge on any atom is -0.267 e. The van der Waals surface area contributed by atoms with Crippen LogP contribution in [0.15, 0.2) is 75.6 Å². The number of hydrogen-bond donors (Lipinski definition) is 0. The average Bonchev–Trinajstić information content (AvgIpc) is 3.15. The molecule has 28 heavy (non-hydrogen) atoms. The highest BCUT2D eigenvalue weighted by Crippen LogP contribution is 2.47. The molecule has 5 heteroatoms. The minimum atomic E-state index is -0.0378. The average molecular weight is 409 g/mol. The zero-order valence-electron chi connectivity index (χ0n) is 16.2. The van der Waals surface area contributed by atoms with E-state index >= 15 is 0 Å². The lowest BCUT2D eigenvalue weighted by Crippen LogP contribution is -2.32. The molecule has 1 fully saturated rings. The summed E-state index contributed by atoms with van der Waals surface area (Å²) in [7, 11) is 0. The molecular weight excluding hydrogens is 384 g/mol. The highest BCUT2D eigenvalue weighted by molar-refractivity contribution is 8.21. The van der Waals surface area contributed by atoms with E-state index in [1.165, 1.54) is 9.81 Å². The Morgan fingerprint density at radius 2 is 1.64 bits per heavy atom. The fraction of sp³-hybridized carbons (Fsp3) is 0.304. The summed E-state index contributed by atoms with van der Waals surface area (Å²) in [6.45, 7) is 0. The van der Waals surface area contributed by atoms with Crippen molar-refractivity contribution in [2.24, 2.45) is 11.0 Å². The summed E-state index contributed by atoms with van der Waals surface area (Å²) < 4.78 is 1.32. The van der Waals surface area contributed by atoms with Crippen molar-refractivity contribution in [1.82, 2.24) is 5.01 Å². The van der Waals surface area contributed by atoms with Gasteiger partial charge in [-0.25, -0.2) is 5.01 Å². The molecule has 0 N–H and O–H groups in total. The molecule has 1 heterocycles. The second kappa shape index (κ2) is 8.58. The Kier molecular flexibility index (Phi) is 5.93. The van der Waals surface area contributed by atoms with Gasteiger partial charge >= 0.3 is 0 Å². The van der Waals surface area contributed by atoms with Gasteiger partial charge in [0.2, 0.25) is 0 Å². The molecule has 0 spiro atoms. The van der Waals surface area contributed by atoms with Gasteiger partial charge in [-0.05, 0) is 55.0 Å². The second-order valence-corrected chi connectivity index (χ2v) is 8.92. The van der Waals surface area contributed by atoms with Crippen LogP contribution in [0.1, 0.15) is 41.2 Å². The van der Waals surface area contributed by atoms with Crippen LogP contribution in [0.2, 0.25) is 0 Å². The summed E-state index contributed by atoms with van der Waals surface area (Å²) in [5.41, 5.74) is 4.29. The predicted molar refractivity (Wildman–Crippen MR) is 121 cm³/mol. The maximum Gasteiger partial charge on any atom is 0.274 e. The molecule has 0 saturated heterocycles. The zero-order chi connectivity index (χ0) is 19.5. The van der Waals surface area contributed by atoms with Crippen LogP contribution in [0.4, 0.5) is 0 Å². The van der Waals surface area contributed by atoms with Gasteiger partial charge in [0.1, 0.15) is 0 Å². The molecule has 1 aliphatic carbocycles. The van der Waals surface area contributed by atoms with Crippen LogP contribution >= 0.6 is 23.5 Å². The van der Waals surface area contributed by atoms with Crippen LogP contribution in [0.5, 0.6) is 0 Å².